The molecule has 0 spiro atoms. The summed E-state index contributed by atoms with van der Waals surface area (Å²) in [6.07, 6.45) is 0. The van der Waals surface area contributed by atoms with Gasteiger partial charge in [0.2, 0.25) is 5.91 Å². The summed E-state index contributed by atoms with van der Waals surface area (Å²) in [5, 5.41) is -0.426. The quantitative estimate of drug-likeness (QED) is 0.787. The molecule has 0 aliphatic carbocycles. The Kier molecular flexibility index (Phi) is 4.15. The molecule has 0 N–H and O–H groups in total. The second-order valence-electron chi connectivity index (χ2n) is 3.21. The van der Waals surface area contributed by atoms with E-state index >= 15 is 0 Å². The van der Waals surface area contributed by atoms with Crippen LogP contribution in [-0.2, 0) is 4.79 Å². The highest BCUT2D eigenvalue weighted by Crippen LogP contribution is 2.19. The van der Waals surface area contributed by atoms with Gasteiger partial charge in [-0.05, 0) is 26.0 Å². The molecule has 1 atom stereocenters. The van der Waals surface area contributed by atoms with Crippen LogP contribution < -0.4 is 4.90 Å². The molecule has 1 unspecified atom stereocenters. The van der Waals surface area contributed by atoms with Crippen molar-refractivity contribution in [1.82, 2.24) is 0 Å². The molecular weight excluding hydrogens is 213 g/mol. The van der Waals surface area contributed by atoms with Gasteiger partial charge < -0.3 is 4.90 Å². The molecule has 1 aromatic carbocycles. The normalized spacial score (nSPS) is 12.3. The number of nitrogens with zero attached hydrogens (tertiary/aromatic N) is 1. The van der Waals surface area contributed by atoms with Crippen LogP contribution in [0, 0.1) is 5.82 Å². The molecule has 1 aromatic rings. The number of carbonyl (C=O) groups is 1. The smallest absolute Gasteiger partial charge is 0.239 e. The standard InChI is InChI=1S/C11H14FNOS/c1-3-13(11(14)8(2)15)10-7-5-4-6-9(10)12/h4-8,15H,3H2,1-2H3. The number of halogens is 1. The average Bonchev–Trinajstić information content (AvgIpc) is 2.21. The first-order valence-corrected chi connectivity index (χ1v) is 5.33. The first-order chi connectivity index (χ1) is 7.07. The maximum absolute atomic E-state index is 13.4. The number of hydrogen-bond acceptors (Lipinski definition) is 2. The van der Waals surface area contributed by atoms with Crippen LogP contribution in [0.5, 0.6) is 0 Å². The summed E-state index contributed by atoms with van der Waals surface area (Å²) in [7, 11) is 0. The van der Waals surface area contributed by atoms with Gasteiger partial charge in [0.05, 0.1) is 10.9 Å². The van der Waals surface area contributed by atoms with Gasteiger partial charge in [-0.15, -0.1) is 0 Å². The van der Waals surface area contributed by atoms with E-state index in [1.54, 1.807) is 32.0 Å². The largest absolute Gasteiger partial charge is 0.309 e. The zero-order chi connectivity index (χ0) is 11.4. The lowest BCUT2D eigenvalue weighted by molar-refractivity contribution is -0.117. The highest BCUT2D eigenvalue weighted by Gasteiger charge is 2.19. The number of carbonyl (C=O) groups excluding carboxylic acids is 1. The molecule has 0 bridgehead atoms. The minimum absolute atomic E-state index is 0.189. The number of anilines is 1. The highest BCUT2D eigenvalue weighted by atomic mass is 32.1. The lowest BCUT2D eigenvalue weighted by Crippen LogP contribution is -2.36. The summed E-state index contributed by atoms with van der Waals surface area (Å²) < 4.78 is 13.4. The highest BCUT2D eigenvalue weighted by molar-refractivity contribution is 7.81. The lowest BCUT2D eigenvalue weighted by Gasteiger charge is -2.22. The SMILES string of the molecule is CCN(C(=O)C(C)S)c1ccccc1F. The van der Waals surface area contributed by atoms with Crippen LogP contribution in [0.2, 0.25) is 0 Å². The zero-order valence-corrected chi connectivity index (χ0v) is 9.67. The molecule has 1 rings (SSSR count). The lowest BCUT2D eigenvalue weighted by atomic mass is 10.2. The Bertz CT molecular complexity index is 354. The molecule has 0 saturated heterocycles. The summed E-state index contributed by atoms with van der Waals surface area (Å²) in [6.45, 7) is 3.92. The van der Waals surface area contributed by atoms with E-state index in [-0.39, 0.29) is 11.7 Å². The van der Waals surface area contributed by atoms with Crippen molar-refractivity contribution >= 4 is 24.2 Å². The zero-order valence-electron chi connectivity index (χ0n) is 8.77. The summed E-state index contributed by atoms with van der Waals surface area (Å²) >= 11 is 4.06. The van der Waals surface area contributed by atoms with E-state index in [4.69, 9.17) is 0 Å². The van der Waals surface area contributed by atoms with Gasteiger partial charge in [-0.2, -0.15) is 12.6 Å². The fourth-order valence-electron chi connectivity index (χ4n) is 1.34. The Morgan fingerprint density at radius 3 is 2.60 bits per heavy atom. The van der Waals surface area contributed by atoms with Crippen molar-refractivity contribution in [3.63, 3.8) is 0 Å². The van der Waals surface area contributed by atoms with E-state index in [2.05, 4.69) is 12.6 Å². The molecule has 2 nitrogen and oxygen atoms in total. The minimum atomic E-state index is -0.426. The Morgan fingerprint density at radius 1 is 1.53 bits per heavy atom. The number of amides is 1. The third kappa shape index (κ3) is 2.72. The number of benzene rings is 1. The van der Waals surface area contributed by atoms with Crippen LogP contribution in [0.3, 0.4) is 0 Å². The van der Waals surface area contributed by atoms with Crippen LogP contribution >= 0.6 is 12.6 Å². The summed E-state index contributed by atoms with van der Waals surface area (Å²) in [4.78, 5) is 13.1. The van der Waals surface area contributed by atoms with Gasteiger partial charge in [-0.3, -0.25) is 4.79 Å². The number of para-hydroxylation sites is 1. The second kappa shape index (κ2) is 5.16. The Morgan fingerprint density at radius 2 is 2.13 bits per heavy atom. The van der Waals surface area contributed by atoms with Crippen molar-refractivity contribution in [2.45, 2.75) is 19.1 Å². The summed E-state index contributed by atoms with van der Waals surface area (Å²) in [5.41, 5.74) is 0.311. The predicted molar refractivity (Wildman–Crippen MR) is 62.9 cm³/mol. The molecule has 0 aliphatic rings. The van der Waals surface area contributed by atoms with Crippen molar-refractivity contribution in [1.29, 1.82) is 0 Å². The van der Waals surface area contributed by atoms with Crippen LogP contribution in [0.4, 0.5) is 10.1 Å². The molecule has 0 heterocycles. The molecule has 0 aliphatic heterocycles. The molecule has 0 saturated carbocycles. The van der Waals surface area contributed by atoms with Crippen molar-refractivity contribution in [2.24, 2.45) is 0 Å². The minimum Gasteiger partial charge on any atom is -0.309 e. The number of thiol groups is 1. The molecule has 0 fully saturated rings. The van der Waals surface area contributed by atoms with Crippen molar-refractivity contribution in [3.8, 4) is 0 Å². The van der Waals surface area contributed by atoms with E-state index in [1.165, 1.54) is 11.0 Å². The van der Waals surface area contributed by atoms with Gasteiger partial charge in [-0.25, -0.2) is 4.39 Å². The molecular formula is C11H14FNOS. The molecule has 1 amide bonds. The fourth-order valence-corrected chi connectivity index (χ4v) is 1.48. The Hall–Kier alpha value is -1.03. The molecule has 0 aromatic heterocycles. The molecule has 4 heteroatoms. The summed E-state index contributed by atoms with van der Waals surface area (Å²) in [6, 6.07) is 6.24. The number of hydrogen-bond donors (Lipinski definition) is 1. The van der Waals surface area contributed by atoms with Crippen LogP contribution in [0.1, 0.15) is 13.8 Å². The average molecular weight is 227 g/mol. The van der Waals surface area contributed by atoms with E-state index in [1.807, 2.05) is 0 Å². The molecule has 15 heavy (non-hydrogen) atoms. The van der Waals surface area contributed by atoms with Crippen molar-refractivity contribution in [3.05, 3.63) is 30.1 Å². The number of rotatable bonds is 3. The van der Waals surface area contributed by atoms with Crippen LogP contribution in [-0.4, -0.2) is 17.7 Å². The maximum Gasteiger partial charge on any atom is 0.239 e. The van der Waals surface area contributed by atoms with Gasteiger partial charge >= 0.3 is 0 Å². The van der Waals surface area contributed by atoms with Gasteiger partial charge in [0, 0.05) is 6.54 Å². The van der Waals surface area contributed by atoms with Gasteiger partial charge in [0.15, 0.2) is 0 Å². The van der Waals surface area contributed by atoms with E-state index in [0.29, 0.717) is 12.2 Å². The van der Waals surface area contributed by atoms with E-state index in [0.717, 1.165) is 0 Å². The first-order valence-electron chi connectivity index (χ1n) is 4.82. The Labute approximate surface area is 94.5 Å². The molecule has 82 valence electrons. The second-order valence-corrected chi connectivity index (χ2v) is 3.98. The topological polar surface area (TPSA) is 20.3 Å². The van der Waals surface area contributed by atoms with E-state index in [9.17, 15) is 9.18 Å². The van der Waals surface area contributed by atoms with Gasteiger partial charge in [0.25, 0.3) is 0 Å². The predicted octanol–water partition coefficient (Wildman–Crippen LogP) is 2.50. The van der Waals surface area contributed by atoms with Crippen molar-refractivity contribution in [2.75, 3.05) is 11.4 Å². The van der Waals surface area contributed by atoms with E-state index < -0.39 is 5.25 Å². The Balaban J connectivity index is 3.03. The van der Waals surface area contributed by atoms with Crippen LogP contribution in [0.25, 0.3) is 0 Å². The van der Waals surface area contributed by atoms with Gasteiger partial charge in [0.1, 0.15) is 5.82 Å². The molecule has 0 radical (unpaired) electrons. The van der Waals surface area contributed by atoms with Gasteiger partial charge in [-0.1, -0.05) is 12.1 Å². The van der Waals surface area contributed by atoms with Crippen molar-refractivity contribution < 1.29 is 9.18 Å². The van der Waals surface area contributed by atoms with Crippen LogP contribution in [0.15, 0.2) is 24.3 Å². The summed E-state index contributed by atoms with van der Waals surface area (Å²) in [5.74, 6) is -0.576. The monoisotopic (exact) mass is 227 g/mol. The fraction of sp³-hybridized carbons (Fsp3) is 0.364. The third-order valence-electron chi connectivity index (χ3n) is 2.08. The first kappa shape index (κ1) is 12.0. The maximum atomic E-state index is 13.4. The third-order valence-corrected chi connectivity index (χ3v) is 2.30.